The Morgan fingerprint density at radius 1 is 1.08 bits per heavy atom. The van der Waals surface area contributed by atoms with Gasteiger partial charge in [-0.2, -0.15) is 0 Å². The van der Waals surface area contributed by atoms with Crippen LogP contribution in [0.5, 0.6) is 0 Å². The van der Waals surface area contributed by atoms with E-state index in [-0.39, 0.29) is 41.4 Å². The van der Waals surface area contributed by atoms with Gasteiger partial charge in [0.15, 0.2) is 0 Å². The number of nitrogens with one attached hydrogen (secondary N) is 1. The number of carbonyl (C=O) groups is 2. The number of rotatable bonds is 8. The van der Waals surface area contributed by atoms with Gasteiger partial charge in [0, 0.05) is 6.54 Å². The molecule has 0 heterocycles. The molecule has 6 heteroatoms. The zero-order valence-corrected chi connectivity index (χ0v) is 16.0. The average molecular weight is 396 g/mol. The lowest BCUT2D eigenvalue weighted by Crippen LogP contribution is -2.42. The molecule has 0 spiro atoms. The molecule has 4 nitrogen and oxygen atoms in total. The van der Waals surface area contributed by atoms with E-state index in [9.17, 15) is 9.59 Å². The Bertz CT molecular complexity index is 660. The number of fused-ring (bicyclic) bond motifs is 2. The van der Waals surface area contributed by atoms with E-state index in [1.807, 2.05) is 36.4 Å². The van der Waals surface area contributed by atoms with E-state index in [4.69, 9.17) is 27.9 Å². The fraction of sp³-hybridized carbons (Fsp3) is 0.500. The van der Waals surface area contributed by atoms with Crippen molar-refractivity contribution in [2.24, 2.45) is 23.7 Å². The molecule has 3 rings (SSSR count). The molecule has 1 aromatic carbocycles. The minimum atomic E-state index is -0.518. The molecule has 2 bridgehead atoms. The normalized spacial score (nSPS) is 26.3. The maximum absolute atomic E-state index is 12.8. The molecule has 0 saturated heterocycles. The summed E-state index contributed by atoms with van der Waals surface area (Å²) in [4.78, 5) is 25.4. The third-order valence-electron chi connectivity index (χ3n) is 5.22. The highest BCUT2D eigenvalue weighted by molar-refractivity contribution is 6.21. The highest BCUT2D eigenvalue weighted by Gasteiger charge is 2.52. The van der Waals surface area contributed by atoms with Crippen LogP contribution in [-0.2, 0) is 20.7 Å². The minimum Gasteiger partial charge on any atom is -0.460 e. The molecule has 1 fully saturated rings. The standard InChI is InChI=1S/C20H23Cl2NO3/c21-11-16(12-22)26-20(25)18-15-7-6-14(10-15)17(18)19(24)23-9-8-13-4-2-1-3-5-13/h1-7,14-18H,8-12H2,(H,23,24)/t14-,15-,17-,18+/m0/s1. The van der Waals surface area contributed by atoms with Crippen LogP contribution in [-0.4, -0.2) is 36.3 Å². The van der Waals surface area contributed by atoms with E-state index in [1.165, 1.54) is 5.56 Å². The third-order valence-corrected chi connectivity index (χ3v) is 5.91. The number of amides is 1. The number of carbonyl (C=O) groups excluding carboxylic acids is 2. The molecule has 0 aliphatic heterocycles. The van der Waals surface area contributed by atoms with Gasteiger partial charge in [-0.25, -0.2) is 0 Å². The predicted molar refractivity (Wildman–Crippen MR) is 102 cm³/mol. The maximum Gasteiger partial charge on any atom is 0.310 e. The van der Waals surface area contributed by atoms with Crippen molar-refractivity contribution in [3.8, 4) is 0 Å². The Labute approximate surface area is 163 Å². The molecule has 2 aliphatic carbocycles. The van der Waals surface area contributed by atoms with Crippen LogP contribution in [0.15, 0.2) is 42.5 Å². The highest BCUT2D eigenvalue weighted by Crippen LogP contribution is 2.48. The molecule has 2 aliphatic rings. The van der Waals surface area contributed by atoms with Gasteiger partial charge in [-0.1, -0.05) is 42.5 Å². The molecule has 4 atom stereocenters. The smallest absolute Gasteiger partial charge is 0.310 e. The Balaban J connectivity index is 1.60. The Hall–Kier alpha value is -1.52. The van der Waals surface area contributed by atoms with Crippen LogP contribution < -0.4 is 5.32 Å². The summed E-state index contributed by atoms with van der Waals surface area (Å²) in [6.07, 6.45) is 5.15. The van der Waals surface area contributed by atoms with Crippen LogP contribution >= 0.6 is 23.2 Å². The quantitative estimate of drug-likeness (QED) is 0.417. The molecular formula is C20H23Cl2NO3. The minimum absolute atomic E-state index is 0.0590. The SMILES string of the molecule is O=C(NCCc1ccccc1)[C@@H]1[C@H](C(=O)OC(CCl)CCl)[C@H]2C=C[C@H]1C2. The van der Waals surface area contributed by atoms with Crippen LogP contribution in [0.1, 0.15) is 12.0 Å². The van der Waals surface area contributed by atoms with E-state index in [1.54, 1.807) is 0 Å². The second-order valence-corrected chi connectivity index (χ2v) is 7.51. The maximum atomic E-state index is 12.8. The lowest BCUT2D eigenvalue weighted by atomic mass is 9.82. The fourth-order valence-corrected chi connectivity index (χ4v) is 4.40. The van der Waals surface area contributed by atoms with Crippen LogP contribution in [0.3, 0.4) is 0 Å². The van der Waals surface area contributed by atoms with Crippen molar-refractivity contribution in [1.29, 1.82) is 0 Å². The molecule has 0 radical (unpaired) electrons. The number of allylic oxidation sites excluding steroid dienone is 2. The topological polar surface area (TPSA) is 55.4 Å². The molecule has 1 N–H and O–H groups in total. The van der Waals surface area contributed by atoms with Gasteiger partial charge < -0.3 is 10.1 Å². The van der Waals surface area contributed by atoms with Crippen molar-refractivity contribution in [3.63, 3.8) is 0 Å². The molecule has 1 amide bonds. The summed E-state index contributed by atoms with van der Waals surface area (Å²) in [5, 5.41) is 2.99. The first-order valence-corrected chi connectivity index (χ1v) is 10.0. The van der Waals surface area contributed by atoms with Gasteiger partial charge >= 0.3 is 5.97 Å². The summed E-state index contributed by atoms with van der Waals surface area (Å²) in [7, 11) is 0. The van der Waals surface area contributed by atoms with Crippen LogP contribution in [0.25, 0.3) is 0 Å². The average Bonchev–Trinajstić information content (AvgIpc) is 3.28. The summed E-state index contributed by atoms with van der Waals surface area (Å²) in [6, 6.07) is 9.99. The van der Waals surface area contributed by atoms with Gasteiger partial charge in [0.1, 0.15) is 6.10 Å². The van der Waals surface area contributed by atoms with Crippen molar-refractivity contribution in [2.75, 3.05) is 18.3 Å². The Morgan fingerprint density at radius 3 is 2.38 bits per heavy atom. The number of esters is 1. The van der Waals surface area contributed by atoms with E-state index in [0.717, 1.165) is 12.8 Å². The van der Waals surface area contributed by atoms with E-state index in [2.05, 4.69) is 11.4 Å². The van der Waals surface area contributed by atoms with Crippen LogP contribution in [0.2, 0.25) is 0 Å². The first-order chi connectivity index (χ1) is 12.6. The zero-order valence-electron chi connectivity index (χ0n) is 14.4. The monoisotopic (exact) mass is 395 g/mol. The summed E-state index contributed by atoms with van der Waals surface area (Å²) >= 11 is 11.5. The number of hydrogen-bond acceptors (Lipinski definition) is 3. The third kappa shape index (κ3) is 4.24. The summed E-state index contributed by atoms with van der Waals surface area (Å²) < 4.78 is 5.42. The molecule has 140 valence electrons. The largest absolute Gasteiger partial charge is 0.460 e. The van der Waals surface area contributed by atoms with Crippen molar-refractivity contribution in [2.45, 2.75) is 18.9 Å². The second kappa shape index (κ2) is 8.92. The van der Waals surface area contributed by atoms with Crippen molar-refractivity contribution < 1.29 is 14.3 Å². The summed E-state index contributed by atoms with van der Waals surface area (Å²) in [5.74, 6) is -0.803. The lowest BCUT2D eigenvalue weighted by Gasteiger charge is -2.27. The van der Waals surface area contributed by atoms with Crippen molar-refractivity contribution in [3.05, 3.63) is 48.0 Å². The van der Waals surface area contributed by atoms with Gasteiger partial charge in [0.25, 0.3) is 0 Å². The molecule has 1 saturated carbocycles. The van der Waals surface area contributed by atoms with E-state index in [0.29, 0.717) is 6.54 Å². The van der Waals surface area contributed by atoms with Gasteiger partial charge in [-0.15, -0.1) is 23.2 Å². The first kappa shape index (κ1) is 19.2. The van der Waals surface area contributed by atoms with Crippen LogP contribution in [0, 0.1) is 23.7 Å². The number of hydrogen-bond donors (Lipinski definition) is 1. The molecule has 26 heavy (non-hydrogen) atoms. The van der Waals surface area contributed by atoms with Crippen LogP contribution in [0.4, 0.5) is 0 Å². The predicted octanol–water partition coefficient (Wildman–Crippen LogP) is 3.17. The summed E-state index contributed by atoms with van der Waals surface area (Å²) in [5.41, 5.74) is 1.17. The van der Waals surface area contributed by atoms with Crippen molar-refractivity contribution >= 4 is 35.1 Å². The Kier molecular flexibility index (Phi) is 6.60. The summed E-state index contributed by atoms with van der Waals surface area (Å²) in [6.45, 7) is 0.550. The molecular weight excluding hydrogens is 373 g/mol. The Morgan fingerprint density at radius 2 is 1.73 bits per heavy atom. The fourth-order valence-electron chi connectivity index (χ4n) is 3.94. The number of halogens is 2. The zero-order chi connectivity index (χ0) is 18.5. The highest BCUT2D eigenvalue weighted by atomic mass is 35.5. The van der Waals surface area contributed by atoms with Gasteiger partial charge in [0.05, 0.1) is 23.6 Å². The van der Waals surface area contributed by atoms with Gasteiger partial charge in [-0.05, 0) is 30.2 Å². The molecule has 0 unspecified atom stereocenters. The van der Waals surface area contributed by atoms with E-state index >= 15 is 0 Å². The van der Waals surface area contributed by atoms with E-state index < -0.39 is 12.0 Å². The van der Waals surface area contributed by atoms with Gasteiger partial charge in [-0.3, -0.25) is 9.59 Å². The molecule has 0 aromatic heterocycles. The van der Waals surface area contributed by atoms with Gasteiger partial charge in [0.2, 0.25) is 5.91 Å². The second-order valence-electron chi connectivity index (χ2n) is 6.89. The first-order valence-electron chi connectivity index (χ1n) is 8.96. The lowest BCUT2D eigenvalue weighted by molar-refractivity contribution is -0.157. The number of ether oxygens (including phenoxy) is 1. The number of alkyl halides is 2. The number of benzene rings is 1. The molecule has 1 aromatic rings. The van der Waals surface area contributed by atoms with Crippen molar-refractivity contribution in [1.82, 2.24) is 5.32 Å².